The highest BCUT2D eigenvalue weighted by Gasteiger charge is 2.20. The van der Waals surface area contributed by atoms with Crippen LogP contribution in [0, 0.1) is 0 Å². The van der Waals surface area contributed by atoms with Crippen LogP contribution in [0.3, 0.4) is 0 Å². The second kappa shape index (κ2) is 12.2. The molecule has 32 heavy (non-hydrogen) atoms. The van der Waals surface area contributed by atoms with Gasteiger partial charge in [0.25, 0.3) is 0 Å². The molecule has 0 unspecified atom stereocenters. The minimum absolute atomic E-state index is 0.259. The standard InChI is InChI=1S/C25H40N4O3/c1-5-29(17-21-14-26-28(3)15-21)16-20-11-12-24(25(13-20)31-4)32-19-23(30)18-27(2)22-9-7-6-8-10-22/h11-15,22-23,30H,5-10,16-19H2,1-4H3/t23-/m1/s1. The summed E-state index contributed by atoms with van der Waals surface area (Å²) in [4.78, 5) is 4.65. The zero-order valence-electron chi connectivity index (χ0n) is 20.2. The van der Waals surface area contributed by atoms with Gasteiger partial charge in [-0.15, -0.1) is 0 Å². The molecule has 3 rings (SSSR count). The van der Waals surface area contributed by atoms with Gasteiger partial charge in [0.1, 0.15) is 12.7 Å². The van der Waals surface area contributed by atoms with Crippen molar-refractivity contribution in [3.63, 3.8) is 0 Å². The maximum Gasteiger partial charge on any atom is 0.161 e. The number of ether oxygens (including phenoxy) is 2. The molecule has 0 saturated heterocycles. The van der Waals surface area contributed by atoms with Crippen LogP contribution in [0.25, 0.3) is 0 Å². The van der Waals surface area contributed by atoms with Crippen LogP contribution >= 0.6 is 0 Å². The third-order valence-electron chi connectivity index (χ3n) is 6.37. The molecule has 0 amide bonds. The van der Waals surface area contributed by atoms with E-state index in [1.807, 2.05) is 30.1 Å². The number of hydrogen-bond acceptors (Lipinski definition) is 6. The van der Waals surface area contributed by atoms with Crippen molar-refractivity contribution in [3.8, 4) is 11.5 Å². The predicted octanol–water partition coefficient (Wildman–Crippen LogP) is 3.46. The van der Waals surface area contributed by atoms with Gasteiger partial charge in [0, 0.05) is 44.5 Å². The van der Waals surface area contributed by atoms with E-state index in [-0.39, 0.29) is 6.61 Å². The molecule has 1 aromatic carbocycles. The molecule has 178 valence electrons. The number of aliphatic hydroxyl groups excluding tert-OH is 1. The molecule has 0 radical (unpaired) electrons. The predicted molar refractivity (Wildman–Crippen MR) is 127 cm³/mol. The number of aliphatic hydroxyl groups is 1. The number of methoxy groups -OCH3 is 1. The maximum absolute atomic E-state index is 10.5. The molecule has 1 atom stereocenters. The largest absolute Gasteiger partial charge is 0.493 e. The molecule has 7 heteroatoms. The average Bonchev–Trinajstić information content (AvgIpc) is 3.22. The fourth-order valence-corrected chi connectivity index (χ4v) is 4.52. The third kappa shape index (κ3) is 7.22. The van der Waals surface area contributed by atoms with E-state index in [1.165, 1.54) is 37.7 Å². The molecule has 1 aromatic heterocycles. The first-order valence-corrected chi connectivity index (χ1v) is 11.9. The Hall–Kier alpha value is -2.09. The molecule has 1 aliphatic rings. The highest BCUT2D eigenvalue weighted by molar-refractivity contribution is 5.43. The van der Waals surface area contributed by atoms with Crippen molar-refractivity contribution in [2.24, 2.45) is 7.05 Å². The lowest BCUT2D eigenvalue weighted by atomic mass is 9.94. The summed E-state index contributed by atoms with van der Waals surface area (Å²) in [7, 11) is 5.71. The molecule has 1 fully saturated rings. The summed E-state index contributed by atoms with van der Waals surface area (Å²) in [5.74, 6) is 1.37. The van der Waals surface area contributed by atoms with Gasteiger partial charge in [0.05, 0.1) is 13.3 Å². The van der Waals surface area contributed by atoms with E-state index >= 15 is 0 Å². The van der Waals surface area contributed by atoms with Gasteiger partial charge in [-0.1, -0.05) is 32.3 Å². The minimum atomic E-state index is -0.527. The molecule has 1 heterocycles. The van der Waals surface area contributed by atoms with Crippen LogP contribution in [0.1, 0.15) is 50.2 Å². The SMILES string of the molecule is CCN(Cc1ccc(OC[C@H](O)CN(C)C2CCCCC2)c(OC)c1)Cc1cnn(C)c1. The zero-order chi connectivity index (χ0) is 22.9. The van der Waals surface area contributed by atoms with Gasteiger partial charge in [-0.2, -0.15) is 5.10 Å². The molecule has 1 aliphatic carbocycles. The number of aromatic nitrogens is 2. The molecule has 1 N–H and O–H groups in total. The Labute approximate surface area is 192 Å². The van der Waals surface area contributed by atoms with E-state index in [4.69, 9.17) is 9.47 Å². The first-order chi connectivity index (χ1) is 15.5. The lowest BCUT2D eigenvalue weighted by Crippen LogP contribution is -2.40. The fourth-order valence-electron chi connectivity index (χ4n) is 4.52. The number of likely N-dealkylation sites (N-methyl/N-ethyl adjacent to an activating group) is 1. The van der Waals surface area contributed by atoms with Crippen LogP contribution in [0.4, 0.5) is 0 Å². The first-order valence-electron chi connectivity index (χ1n) is 11.9. The lowest BCUT2D eigenvalue weighted by molar-refractivity contribution is 0.0553. The Bertz CT molecular complexity index is 819. The molecule has 0 spiro atoms. The van der Waals surface area contributed by atoms with Crippen molar-refractivity contribution in [1.82, 2.24) is 19.6 Å². The van der Waals surface area contributed by atoms with Crippen molar-refractivity contribution in [1.29, 1.82) is 0 Å². The van der Waals surface area contributed by atoms with Crippen LogP contribution in [0.5, 0.6) is 11.5 Å². The van der Waals surface area contributed by atoms with Gasteiger partial charge in [-0.05, 0) is 44.1 Å². The normalized spacial score (nSPS) is 16.0. The molecule has 2 aromatic rings. The van der Waals surface area contributed by atoms with Crippen LogP contribution in [-0.4, -0.2) is 70.7 Å². The second-order valence-corrected chi connectivity index (χ2v) is 9.01. The first kappa shape index (κ1) is 24.6. The Morgan fingerprint density at radius 3 is 2.56 bits per heavy atom. The van der Waals surface area contributed by atoms with Gasteiger partial charge in [0.2, 0.25) is 0 Å². The molecule has 7 nitrogen and oxygen atoms in total. The van der Waals surface area contributed by atoms with Crippen molar-refractivity contribution >= 4 is 0 Å². The van der Waals surface area contributed by atoms with E-state index in [2.05, 4.69) is 41.1 Å². The number of rotatable bonds is 12. The van der Waals surface area contributed by atoms with Gasteiger partial charge in [-0.25, -0.2) is 0 Å². The van der Waals surface area contributed by atoms with Crippen LogP contribution < -0.4 is 9.47 Å². The number of nitrogens with zero attached hydrogens (tertiary/aromatic N) is 4. The Morgan fingerprint density at radius 1 is 1.16 bits per heavy atom. The maximum atomic E-state index is 10.5. The average molecular weight is 445 g/mol. The van der Waals surface area contributed by atoms with Gasteiger partial charge < -0.3 is 19.5 Å². The van der Waals surface area contributed by atoms with Gasteiger partial charge in [-0.3, -0.25) is 9.58 Å². The summed E-state index contributed by atoms with van der Waals surface area (Å²) in [6, 6.07) is 6.64. The highest BCUT2D eigenvalue weighted by Crippen LogP contribution is 2.29. The van der Waals surface area contributed by atoms with E-state index in [0.717, 1.165) is 25.2 Å². The van der Waals surface area contributed by atoms with E-state index in [9.17, 15) is 5.11 Å². The molecular formula is C25H40N4O3. The van der Waals surface area contributed by atoms with Crippen LogP contribution in [-0.2, 0) is 20.1 Å². The quantitative estimate of drug-likeness (QED) is 0.541. The Morgan fingerprint density at radius 2 is 1.91 bits per heavy atom. The summed E-state index contributed by atoms with van der Waals surface area (Å²) in [6.07, 6.45) is 9.83. The smallest absolute Gasteiger partial charge is 0.161 e. The van der Waals surface area contributed by atoms with Crippen LogP contribution in [0.15, 0.2) is 30.6 Å². The van der Waals surface area contributed by atoms with Crippen molar-refractivity contribution < 1.29 is 14.6 Å². The second-order valence-electron chi connectivity index (χ2n) is 9.01. The van der Waals surface area contributed by atoms with Crippen molar-refractivity contribution in [2.75, 3.05) is 33.9 Å². The Balaban J connectivity index is 1.52. The molecule has 0 aliphatic heterocycles. The highest BCUT2D eigenvalue weighted by atomic mass is 16.5. The molecule has 0 bridgehead atoms. The summed E-state index contributed by atoms with van der Waals surface area (Å²) in [5, 5.41) is 14.8. The van der Waals surface area contributed by atoms with E-state index < -0.39 is 6.10 Å². The summed E-state index contributed by atoms with van der Waals surface area (Å²) >= 11 is 0. The van der Waals surface area contributed by atoms with E-state index in [0.29, 0.717) is 24.1 Å². The third-order valence-corrected chi connectivity index (χ3v) is 6.37. The fraction of sp³-hybridized carbons (Fsp3) is 0.640. The van der Waals surface area contributed by atoms with Gasteiger partial charge in [0.15, 0.2) is 11.5 Å². The summed E-state index contributed by atoms with van der Waals surface area (Å²) in [5.41, 5.74) is 2.37. The van der Waals surface area contributed by atoms with E-state index in [1.54, 1.807) is 7.11 Å². The topological polar surface area (TPSA) is 63.0 Å². The lowest BCUT2D eigenvalue weighted by Gasteiger charge is -2.32. The number of hydrogen-bond donors (Lipinski definition) is 1. The summed E-state index contributed by atoms with van der Waals surface area (Å²) < 4.78 is 13.4. The molecular weight excluding hydrogens is 404 g/mol. The number of aryl methyl sites for hydroxylation is 1. The van der Waals surface area contributed by atoms with Crippen molar-refractivity contribution in [2.45, 2.75) is 64.3 Å². The van der Waals surface area contributed by atoms with Crippen molar-refractivity contribution in [3.05, 3.63) is 41.7 Å². The minimum Gasteiger partial charge on any atom is -0.493 e. The van der Waals surface area contributed by atoms with Gasteiger partial charge >= 0.3 is 0 Å². The number of benzene rings is 1. The molecule has 1 saturated carbocycles. The summed E-state index contributed by atoms with van der Waals surface area (Å²) in [6.45, 7) is 5.66. The monoisotopic (exact) mass is 444 g/mol. The van der Waals surface area contributed by atoms with Crippen LogP contribution in [0.2, 0.25) is 0 Å². The Kier molecular flexibility index (Phi) is 9.38. The zero-order valence-corrected chi connectivity index (χ0v) is 20.2.